The van der Waals surface area contributed by atoms with Gasteiger partial charge in [0.2, 0.25) is 9.84 Å². The van der Waals surface area contributed by atoms with Crippen LogP contribution in [0, 0.1) is 6.92 Å². The van der Waals surface area contributed by atoms with Crippen LogP contribution in [0.4, 0.5) is 0 Å². The average Bonchev–Trinajstić information content (AvgIpc) is 3.05. The number of aromatic nitrogens is 2. The monoisotopic (exact) mass is 406 g/mol. The maximum absolute atomic E-state index is 12.7. The smallest absolute Gasteiger partial charge is 0.225 e. The number of imidazole rings is 1. The van der Waals surface area contributed by atoms with E-state index in [1.54, 1.807) is 30.5 Å². The van der Waals surface area contributed by atoms with Gasteiger partial charge in [-0.25, -0.2) is 13.4 Å². The first-order valence-corrected chi connectivity index (χ1v) is 9.93. The molecule has 0 N–H and O–H groups in total. The third-order valence-electron chi connectivity index (χ3n) is 3.64. The Morgan fingerprint density at radius 1 is 1.13 bits per heavy atom. The number of halogens is 1. The summed E-state index contributed by atoms with van der Waals surface area (Å²) in [5, 5.41) is 0.0809. The first kappa shape index (κ1) is 14.9. The van der Waals surface area contributed by atoms with E-state index in [0.29, 0.717) is 4.96 Å². The Kier molecular flexibility index (Phi) is 3.33. The zero-order chi connectivity index (χ0) is 16.2. The van der Waals surface area contributed by atoms with Crippen molar-refractivity contribution in [2.75, 3.05) is 0 Å². The molecule has 0 unspecified atom stereocenters. The van der Waals surface area contributed by atoms with Crippen LogP contribution in [0.3, 0.4) is 0 Å². The predicted octanol–water partition coefficient (Wildman–Crippen LogP) is 4.45. The lowest BCUT2D eigenvalue weighted by Crippen LogP contribution is -2.02. The molecule has 4 nitrogen and oxygen atoms in total. The molecule has 0 atom stereocenters. The molecule has 0 saturated carbocycles. The number of sulfone groups is 1. The molecule has 0 aliphatic heterocycles. The van der Waals surface area contributed by atoms with E-state index in [1.165, 1.54) is 11.3 Å². The molecule has 2 heterocycles. The summed E-state index contributed by atoms with van der Waals surface area (Å²) in [4.78, 5) is 5.26. The van der Waals surface area contributed by atoms with Crippen LogP contribution in [0.2, 0.25) is 0 Å². The number of thiazole rings is 1. The van der Waals surface area contributed by atoms with Crippen molar-refractivity contribution < 1.29 is 8.42 Å². The highest BCUT2D eigenvalue weighted by Crippen LogP contribution is 2.31. The van der Waals surface area contributed by atoms with E-state index >= 15 is 0 Å². The first-order chi connectivity index (χ1) is 10.9. The summed E-state index contributed by atoms with van der Waals surface area (Å²) in [6.07, 6.45) is 1.59. The summed E-state index contributed by atoms with van der Waals surface area (Å²) in [5.74, 6) is 0. The summed E-state index contributed by atoms with van der Waals surface area (Å²) in [5.41, 5.74) is 1.97. The number of nitrogens with zero attached hydrogens (tertiary/aromatic N) is 2. The van der Waals surface area contributed by atoms with E-state index in [9.17, 15) is 8.42 Å². The van der Waals surface area contributed by atoms with Crippen molar-refractivity contribution in [3.63, 3.8) is 0 Å². The molecule has 7 heteroatoms. The lowest BCUT2D eigenvalue weighted by Gasteiger charge is -2.01. The molecule has 4 rings (SSSR count). The van der Waals surface area contributed by atoms with Crippen molar-refractivity contribution in [1.82, 2.24) is 9.38 Å². The van der Waals surface area contributed by atoms with Crippen molar-refractivity contribution in [2.45, 2.75) is 16.8 Å². The van der Waals surface area contributed by atoms with Gasteiger partial charge in [-0.05, 0) is 37.3 Å². The van der Waals surface area contributed by atoms with Gasteiger partial charge in [0, 0.05) is 10.7 Å². The molecule has 0 amide bonds. The first-order valence-electron chi connectivity index (χ1n) is 6.84. The fourth-order valence-corrected chi connectivity index (χ4v) is 5.23. The van der Waals surface area contributed by atoms with Gasteiger partial charge in [0.15, 0.2) is 9.99 Å². The largest absolute Gasteiger partial charge is 0.289 e. The Bertz CT molecular complexity index is 1140. The minimum atomic E-state index is -3.60. The normalized spacial score (nSPS) is 12.3. The third kappa shape index (κ3) is 2.39. The lowest BCUT2D eigenvalue weighted by molar-refractivity contribution is 0.593. The van der Waals surface area contributed by atoms with Gasteiger partial charge in [-0.3, -0.25) is 4.40 Å². The molecule has 23 heavy (non-hydrogen) atoms. The maximum Gasteiger partial charge on any atom is 0.225 e. The van der Waals surface area contributed by atoms with Gasteiger partial charge in [-0.1, -0.05) is 45.0 Å². The van der Waals surface area contributed by atoms with E-state index < -0.39 is 9.84 Å². The molecule has 0 radical (unpaired) electrons. The van der Waals surface area contributed by atoms with Crippen LogP contribution in [-0.2, 0) is 9.84 Å². The minimum absolute atomic E-state index is 0.0809. The van der Waals surface area contributed by atoms with Gasteiger partial charge in [-0.2, -0.15) is 0 Å². The highest BCUT2D eigenvalue weighted by molar-refractivity contribution is 9.10. The van der Waals surface area contributed by atoms with Crippen LogP contribution in [-0.4, -0.2) is 17.8 Å². The van der Waals surface area contributed by atoms with Crippen molar-refractivity contribution in [3.8, 4) is 0 Å². The zero-order valence-corrected chi connectivity index (χ0v) is 15.2. The maximum atomic E-state index is 12.7. The number of fused-ring (bicyclic) bond motifs is 3. The van der Waals surface area contributed by atoms with Gasteiger partial charge < -0.3 is 0 Å². The molecule has 2 aromatic carbocycles. The second-order valence-corrected chi connectivity index (χ2v) is 9.08. The van der Waals surface area contributed by atoms with Crippen molar-refractivity contribution in [3.05, 3.63) is 58.7 Å². The summed E-state index contributed by atoms with van der Waals surface area (Å²) in [6, 6.07) is 12.7. The molecular formula is C16H11BrN2O2S2. The molecule has 0 spiro atoms. The van der Waals surface area contributed by atoms with Crippen molar-refractivity contribution in [2.24, 2.45) is 0 Å². The van der Waals surface area contributed by atoms with Gasteiger partial charge in [0.05, 0.1) is 15.1 Å². The second kappa shape index (κ2) is 5.15. The van der Waals surface area contributed by atoms with Gasteiger partial charge >= 0.3 is 0 Å². The Morgan fingerprint density at radius 2 is 1.87 bits per heavy atom. The van der Waals surface area contributed by atoms with Crippen LogP contribution >= 0.6 is 27.3 Å². The predicted molar refractivity (Wildman–Crippen MR) is 94.9 cm³/mol. The van der Waals surface area contributed by atoms with Crippen LogP contribution < -0.4 is 0 Å². The lowest BCUT2D eigenvalue weighted by atomic mass is 10.2. The fourth-order valence-electron chi connectivity index (χ4n) is 2.42. The molecule has 116 valence electrons. The molecule has 2 aromatic heterocycles. The zero-order valence-electron chi connectivity index (χ0n) is 12.0. The van der Waals surface area contributed by atoms with E-state index in [-0.39, 0.29) is 9.92 Å². The second-order valence-electron chi connectivity index (χ2n) is 5.26. The van der Waals surface area contributed by atoms with Gasteiger partial charge in [-0.15, -0.1) is 0 Å². The molecule has 0 aliphatic rings. The highest BCUT2D eigenvalue weighted by Gasteiger charge is 2.22. The standard InChI is InChI=1S/C16H11BrN2O2S2/c1-10-2-5-12(6-3-10)23(20,21)15-9-19-13-7-4-11(17)8-14(13)22-16(19)18-15/h2-9H,1H3. The van der Waals surface area contributed by atoms with Crippen LogP contribution in [0.1, 0.15) is 5.56 Å². The molecule has 4 aromatic rings. The quantitative estimate of drug-likeness (QED) is 0.493. The van der Waals surface area contributed by atoms with E-state index in [4.69, 9.17) is 0 Å². The number of aryl methyl sites for hydroxylation is 1. The van der Waals surface area contributed by atoms with E-state index in [0.717, 1.165) is 20.3 Å². The molecular weight excluding hydrogens is 396 g/mol. The van der Waals surface area contributed by atoms with E-state index in [2.05, 4.69) is 20.9 Å². The Labute approximate surface area is 145 Å². The molecule has 0 bridgehead atoms. The van der Waals surface area contributed by atoms with E-state index in [1.807, 2.05) is 29.5 Å². The Hall–Kier alpha value is -1.70. The fraction of sp³-hybridized carbons (Fsp3) is 0.0625. The van der Waals surface area contributed by atoms with Crippen LogP contribution in [0.5, 0.6) is 0 Å². The summed E-state index contributed by atoms with van der Waals surface area (Å²) in [7, 11) is -3.60. The number of hydrogen-bond acceptors (Lipinski definition) is 4. The van der Waals surface area contributed by atoms with Gasteiger partial charge in [0.25, 0.3) is 0 Å². The summed E-state index contributed by atoms with van der Waals surface area (Å²) >= 11 is 4.91. The van der Waals surface area contributed by atoms with Crippen LogP contribution in [0.25, 0.3) is 15.2 Å². The highest BCUT2D eigenvalue weighted by atomic mass is 79.9. The molecule has 0 aliphatic carbocycles. The number of hydrogen-bond donors (Lipinski definition) is 0. The van der Waals surface area contributed by atoms with Crippen LogP contribution in [0.15, 0.2) is 63.1 Å². The molecule has 0 fully saturated rings. The SMILES string of the molecule is Cc1ccc(S(=O)(=O)c2cn3c(n2)sc2cc(Br)ccc23)cc1. The third-order valence-corrected chi connectivity index (χ3v) is 6.79. The van der Waals surface area contributed by atoms with Crippen molar-refractivity contribution >= 4 is 52.3 Å². The van der Waals surface area contributed by atoms with Gasteiger partial charge in [0.1, 0.15) is 0 Å². The molecule has 0 saturated heterocycles. The van der Waals surface area contributed by atoms with Crippen molar-refractivity contribution in [1.29, 1.82) is 0 Å². The summed E-state index contributed by atoms with van der Waals surface area (Å²) < 4.78 is 29.3. The Morgan fingerprint density at radius 3 is 2.61 bits per heavy atom. The number of benzene rings is 2. The minimum Gasteiger partial charge on any atom is -0.289 e. The average molecular weight is 407 g/mol. The number of rotatable bonds is 2. The Balaban J connectivity index is 1.90. The summed E-state index contributed by atoms with van der Waals surface area (Å²) in [6.45, 7) is 1.92. The topological polar surface area (TPSA) is 51.4 Å².